The van der Waals surface area contributed by atoms with Gasteiger partial charge in [0.05, 0.1) is 0 Å². The molecule has 0 saturated heterocycles. The van der Waals surface area contributed by atoms with Crippen LogP contribution in [0.4, 0.5) is 0 Å². The van der Waals surface area contributed by atoms with Gasteiger partial charge in [-0.2, -0.15) is 0 Å². The van der Waals surface area contributed by atoms with E-state index in [1.165, 1.54) is 6.08 Å². The zero-order valence-electron chi connectivity index (χ0n) is 6.88. The molecule has 0 spiro atoms. The molecule has 0 bridgehead atoms. The Hall–Kier alpha value is -1.32. The van der Waals surface area contributed by atoms with Gasteiger partial charge in [-0.25, -0.2) is 0 Å². The second-order valence-electron chi connectivity index (χ2n) is 3.09. The minimum atomic E-state index is -1.20. The molecule has 0 aromatic heterocycles. The van der Waals surface area contributed by atoms with Crippen LogP contribution in [0.1, 0.15) is 17.2 Å². The minimum absolute atomic E-state index is 0.189. The summed E-state index contributed by atoms with van der Waals surface area (Å²) < 4.78 is 0. The van der Waals surface area contributed by atoms with Gasteiger partial charge in [0.25, 0.3) is 0 Å². The standard InChI is InChI=1S/C10H10O3/c11-8-5-6-3-1-2-4-7(6)9(12)10(8)13/h1-5,9-13H. The first-order valence-electron chi connectivity index (χ1n) is 4.06. The highest BCUT2D eigenvalue weighted by molar-refractivity contribution is 5.60. The molecular formula is C10H10O3. The van der Waals surface area contributed by atoms with E-state index in [1.54, 1.807) is 18.2 Å². The quantitative estimate of drug-likeness (QED) is 0.555. The molecule has 0 fully saturated rings. The molecule has 2 atom stereocenters. The van der Waals surface area contributed by atoms with Gasteiger partial charge in [0.2, 0.25) is 0 Å². The van der Waals surface area contributed by atoms with Gasteiger partial charge in [-0.05, 0) is 17.2 Å². The van der Waals surface area contributed by atoms with Crippen molar-refractivity contribution in [1.29, 1.82) is 0 Å². The normalized spacial score (nSPS) is 26.5. The number of aliphatic hydroxyl groups is 3. The molecule has 0 radical (unpaired) electrons. The summed E-state index contributed by atoms with van der Waals surface area (Å²) in [6.07, 6.45) is -0.761. The number of fused-ring (bicyclic) bond motifs is 1. The molecular weight excluding hydrogens is 168 g/mol. The van der Waals surface area contributed by atoms with Crippen LogP contribution in [-0.2, 0) is 0 Å². The van der Waals surface area contributed by atoms with E-state index in [0.717, 1.165) is 5.56 Å². The summed E-state index contributed by atoms with van der Waals surface area (Å²) in [5.74, 6) is -0.189. The summed E-state index contributed by atoms with van der Waals surface area (Å²) in [6.45, 7) is 0. The number of rotatable bonds is 0. The molecule has 1 aliphatic rings. The van der Waals surface area contributed by atoms with Gasteiger partial charge in [-0.3, -0.25) is 0 Å². The Morgan fingerprint density at radius 1 is 1.00 bits per heavy atom. The fourth-order valence-electron chi connectivity index (χ4n) is 1.49. The summed E-state index contributed by atoms with van der Waals surface area (Å²) in [5.41, 5.74) is 1.39. The van der Waals surface area contributed by atoms with Crippen LogP contribution in [0.25, 0.3) is 6.08 Å². The van der Waals surface area contributed by atoms with E-state index in [4.69, 9.17) is 0 Å². The summed E-state index contributed by atoms with van der Waals surface area (Å²) in [6, 6.07) is 7.10. The third kappa shape index (κ3) is 1.22. The van der Waals surface area contributed by atoms with Crippen LogP contribution in [0.5, 0.6) is 0 Å². The summed E-state index contributed by atoms with van der Waals surface area (Å²) in [4.78, 5) is 0. The van der Waals surface area contributed by atoms with E-state index in [0.29, 0.717) is 5.56 Å². The van der Waals surface area contributed by atoms with Crippen molar-refractivity contribution < 1.29 is 15.3 Å². The van der Waals surface area contributed by atoms with E-state index < -0.39 is 12.2 Å². The maximum atomic E-state index is 9.55. The van der Waals surface area contributed by atoms with Gasteiger partial charge in [-0.15, -0.1) is 0 Å². The fourth-order valence-corrected chi connectivity index (χ4v) is 1.49. The molecule has 1 aromatic carbocycles. The number of hydrogen-bond acceptors (Lipinski definition) is 3. The highest BCUT2D eigenvalue weighted by atomic mass is 16.4. The number of hydrogen-bond donors (Lipinski definition) is 3. The van der Waals surface area contributed by atoms with Gasteiger partial charge < -0.3 is 15.3 Å². The van der Waals surface area contributed by atoms with Crippen molar-refractivity contribution in [3.63, 3.8) is 0 Å². The first-order valence-corrected chi connectivity index (χ1v) is 4.06. The zero-order chi connectivity index (χ0) is 9.42. The van der Waals surface area contributed by atoms with Crippen molar-refractivity contribution in [3.05, 3.63) is 41.2 Å². The molecule has 3 nitrogen and oxygen atoms in total. The second-order valence-corrected chi connectivity index (χ2v) is 3.09. The highest BCUT2D eigenvalue weighted by Crippen LogP contribution is 2.30. The van der Waals surface area contributed by atoms with Crippen molar-refractivity contribution in [2.45, 2.75) is 12.2 Å². The SMILES string of the molecule is OC1=Cc2ccccc2C(O)C1O. The van der Waals surface area contributed by atoms with Crippen LogP contribution >= 0.6 is 0 Å². The molecule has 68 valence electrons. The van der Waals surface area contributed by atoms with Gasteiger partial charge in [0.15, 0.2) is 0 Å². The highest BCUT2D eigenvalue weighted by Gasteiger charge is 2.27. The fraction of sp³-hybridized carbons (Fsp3) is 0.200. The summed E-state index contributed by atoms with van der Waals surface area (Å²) in [5, 5.41) is 28.1. The predicted molar refractivity (Wildman–Crippen MR) is 48.0 cm³/mol. The Morgan fingerprint density at radius 2 is 1.69 bits per heavy atom. The average molecular weight is 178 g/mol. The Balaban J connectivity index is 2.56. The lowest BCUT2D eigenvalue weighted by Gasteiger charge is -2.23. The predicted octanol–water partition coefficient (Wildman–Crippen LogP) is 0.993. The van der Waals surface area contributed by atoms with E-state index in [9.17, 15) is 15.3 Å². The van der Waals surface area contributed by atoms with E-state index in [-0.39, 0.29) is 5.76 Å². The molecule has 0 amide bonds. The maximum absolute atomic E-state index is 9.55. The Labute approximate surface area is 75.6 Å². The third-order valence-corrected chi connectivity index (χ3v) is 2.22. The van der Waals surface area contributed by atoms with Gasteiger partial charge in [0, 0.05) is 0 Å². The zero-order valence-corrected chi connectivity index (χ0v) is 6.88. The van der Waals surface area contributed by atoms with Crippen molar-refractivity contribution in [1.82, 2.24) is 0 Å². The van der Waals surface area contributed by atoms with Gasteiger partial charge in [-0.1, -0.05) is 24.3 Å². The number of aliphatic hydroxyl groups excluding tert-OH is 3. The van der Waals surface area contributed by atoms with Crippen molar-refractivity contribution in [2.75, 3.05) is 0 Å². The molecule has 2 unspecified atom stereocenters. The molecule has 0 saturated carbocycles. The van der Waals surface area contributed by atoms with Crippen molar-refractivity contribution in [3.8, 4) is 0 Å². The summed E-state index contributed by atoms with van der Waals surface area (Å²) in [7, 11) is 0. The van der Waals surface area contributed by atoms with Crippen LogP contribution in [0.15, 0.2) is 30.0 Å². The largest absolute Gasteiger partial charge is 0.509 e. The van der Waals surface area contributed by atoms with Gasteiger partial charge >= 0.3 is 0 Å². The van der Waals surface area contributed by atoms with Crippen molar-refractivity contribution >= 4 is 6.08 Å². The monoisotopic (exact) mass is 178 g/mol. The van der Waals surface area contributed by atoms with Crippen LogP contribution in [0.3, 0.4) is 0 Å². The molecule has 13 heavy (non-hydrogen) atoms. The van der Waals surface area contributed by atoms with E-state index in [1.807, 2.05) is 6.07 Å². The lowest BCUT2D eigenvalue weighted by molar-refractivity contribution is 0.0159. The molecule has 3 N–H and O–H groups in total. The summed E-state index contributed by atoms with van der Waals surface area (Å²) >= 11 is 0. The lowest BCUT2D eigenvalue weighted by Crippen LogP contribution is -2.24. The van der Waals surface area contributed by atoms with Crippen LogP contribution in [-0.4, -0.2) is 21.4 Å². The third-order valence-electron chi connectivity index (χ3n) is 2.22. The molecule has 1 aliphatic carbocycles. The van der Waals surface area contributed by atoms with Crippen molar-refractivity contribution in [2.24, 2.45) is 0 Å². The Morgan fingerprint density at radius 3 is 2.46 bits per heavy atom. The first-order chi connectivity index (χ1) is 6.20. The topological polar surface area (TPSA) is 60.7 Å². The van der Waals surface area contributed by atoms with Crippen LogP contribution in [0, 0.1) is 0 Å². The molecule has 1 aromatic rings. The average Bonchev–Trinajstić information content (AvgIpc) is 2.15. The van der Waals surface area contributed by atoms with Gasteiger partial charge in [0.1, 0.15) is 18.0 Å². The molecule has 3 heteroatoms. The molecule has 0 aliphatic heterocycles. The minimum Gasteiger partial charge on any atom is -0.509 e. The van der Waals surface area contributed by atoms with E-state index >= 15 is 0 Å². The Bertz CT molecular complexity index is 357. The van der Waals surface area contributed by atoms with E-state index in [2.05, 4.69) is 0 Å². The van der Waals surface area contributed by atoms with Crippen LogP contribution < -0.4 is 0 Å². The Kier molecular flexibility index (Phi) is 1.83. The number of benzene rings is 1. The smallest absolute Gasteiger partial charge is 0.141 e. The second kappa shape index (κ2) is 2.87. The lowest BCUT2D eigenvalue weighted by atomic mass is 9.92. The molecule has 0 heterocycles. The maximum Gasteiger partial charge on any atom is 0.141 e. The molecule has 2 rings (SSSR count). The van der Waals surface area contributed by atoms with Crippen LogP contribution in [0.2, 0.25) is 0 Å². The first kappa shape index (κ1) is 8.29.